The van der Waals surface area contributed by atoms with E-state index >= 15 is 0 Å². The van der Waals surface area contributed by atoms with Crippen LogP contribution in [0.15, 0.2) is 47.5 Å². The summed E-state index contributed by atoms with van der Waals surface area (Å²) >= 11 is 0. The molecule has 1 atom stereocenters. The summed E-state index contributed by atoms with van der Waals surface area (Å²) in [5.74, 6) is 2.23. The Balaban J connectivity index is 2.10. The number of primary amides is 1. The third kappa shape index (κ3) is 8.02. The van der Waals surface area contributed by atoms with Crippen LogP contribution < -0.4 is 30.6 Å². The highest BCUT2D eigenvalue weighted by atomic mass is 16.5. The van der Waals surface area contributed by atoms with Gasteiger partial charge in [-0.15, -0.1) is 0 Å². The van der Waals surface area contributed by atoms with Crippen LogP contribution in [0.3, 0.4) is 0 Å². The predicted molar refractivity (Wildman–Crippen MR) is 126 cm³/mol. The van der Waals surface area contributed by atoms with E-state index in [-0.39, 0.29) is 12.6 Å². The molecule has 2 aromatic rings. The Hall–Kier alpha value is -3.42. The quantitative estimate of drug-likeness (QED) is 0.344. The van der Waals surface area contributed by atoms with Crippen molar-refractivity contribution in [3.8, 4) is 17.2 Å². The maximum atomic E-state index is 10.9. The Morgan fingerprint density at radius 2 is 1.78 bits per heavy atom. The van der Waals surface area contributed by atoms with Crippen LogP contribution in [0.5, 0.6) is 17.2 Å². The first-order chi connectivity index (χ1) is 15.5. The summed E-state index contributed by atoms with van der Waals surface area (Å²) in [6.45, 7) is 10.2. The molecule has 4 N–H and O–H groups in total. The zero-order valence-electron chi connectivity index (χ0n) is 19.3. The molecule has 0 saturated heterocycles. The van der Waals surface area contributed by atoms with Crippen molar-refractivity contribution >= 4 is 11.9 Å². The molecule has 8 nitrogen and oxygen atoms in total. The molecule has 0 fully saturated rings. The van der Waals surface area contributed by atoms with Crippen molar-refractivity contribution in [3.05, 3.63) is 53.6 Å². The lowest BCUT2D eigenvalue weighted by Crippen LogP contribution is -2.38. The number of ether oxygens (including phenoxy) is 3. The van der Waals surface area contributed by atoms with E-state index in [1.807, 2.05) is 57.2 Å². The molecule has 0 radical (unpaired) electrons. The van der Waals surface area contributed by atoms with Crippen molar-refractivity contribution in [1.29, 1.82) is 0 Å². The van der Waals surface area contributed by atoms with E-state index in [0.717, 1.165) is 29.2 Å². The largest absolute Gasteiger partial charge is 0.490 e. The van der Waals surface area contributed by atoms with E-state index in [4.69, 9.17) is 19.9 Å². The Kier molecular flexibility index (Phi) is 10.2. The van der Waals surface area contributed by atoms with Crippen molar-refractivity contribution in [2.45, 2.75) is 40.3 Å². The van der Waals surface area contributed by atoms with Gasteiger partial charge >= 0.3 is 0 Å². The van der Waals surface area contributed by atoms with Gasteiger partial charge in [0, 0.05) is 6.54 Å². The number of nitrogens with one attached hydrogen (secondary N) is 2. The van der Waals surface area contributed by atoms with Gasteiger partial charge in [0.1, 0.15) is 5.75 Å². The van der Waals surface area contributed by atoms with E-state index in [2.05, 4.69) is 22.5 Å². The minimum atomic E-state index is -0.511. The average molecular weight is 443 g/mol. The molecule has 8 heteroatoms. The summed E-state index contributed by atoms with van der Waals surface area (Å²) in [7, 11) is 0. The smallest absolute Gasteiger partial charge is 0.255 e. The van der Waals surface area contributed by atoms with Crippen LogP contribution in [-0.4, -0.2) is 38.2 Å². The summed E-state index contributed by atoms with van der Waals surface area (Å²) in [6.07, 6.45) is 0. The molecule has 0 heterocycles. The molecular weight excluding hydrogens is 408 g/mol. The molecular formula is C24H34N4O4. The Morgan fingerprint density at radius 1 is 1.03 bits per heavy atom. The summed E-state index contributed by atoms with van der Waals surface area (Å²) in [5.41, 5.74) is 7.15. The maximum absolute atomic E-state index is 10.9. The SMILES string of the molecule is CCNC(=NCc1cccc(OCC(N)=O)c1)NC(C)c1ccc(OCC)c(OCC)c1. The second-order valence-electron chi connectivity index (χ2n) is 7.04. The van der Waals surface area contributed by atoms with Gasteiger partial charge in [0.2, 0.25) is 0 Å². The van der Waals surface area contributed by atoms with Gasteiger partial charge < -0.3 is 30.6 Å². The van der Waals surface area contributed by atoms with Gasteiger partial charge in [-0.2, -0.15) is 0 Å². The molecule has 2 rings (SSSR count). The van der Waals surface area contributed by atoms with Crippen molar-refractivity contribution in [2.24, 2.45) is 10.7 Å². The summed E-state index contributed by atoms with van der Waals surface area (Å²) in [6, 6.07) is 13.4. The van der Waals surface area contributed by atoms with Crippen molar-refractivity contribution in [2.75, 3.05) is 26.4 Å². The highest BCUT2D eigenvalue weighted by Gasteiger charge is 2.12. The minimum absolute atomic E-state index is 0.00656. The van der Waals surface area contributed by atoms with Crippen molar-refractivity contribution in [1.82, 2.24) is 10.6 Å². The average Bonchev–Trinajstić information content (AvgIpc) is 2.78. The molecule has 32 heavy (non-hydrogen) atoms. The fourth-order valence-corrected chi connectivity index (χ4v) is 3.00. The maximum Gasteiger partial charge on any atom is 0.255 e. The summed E-state index contributed by atoms with van der Waals surface area (Å²) in [5, 5.41) is 6.70. The summed E-state index contributed by atoms with van der Waals surface area (Å²) < 4.78 is 16.8. The molecule has 0 bridgehead atoms. The second-order valence-corrected chi connectivity index (χ2v) is 7.04. The van der Waals surface area contributed by atoms with Crippen LogP contribution in [0.1, 0.15) is 44.9 Å². The lowest BCUT2D eigenvalue weighted by atomic mass is 10.1. The van der Waals surface area contributed by atoms with Gasteiger partial charge in [-0.05, 0) is 63.1 Å². The number of rotatable bonds is 12. The van der Waals surface area contributed by atoms with Crippen LogP contribution in [0.2, 0.25) is 0 Å². The number of aliphatic imine (C=N–C) groups is 1. The highest BCUT2D eigenvalue weighted by Crippen LogP contribution is 2.30. The van der Waals surface area contributed by atoms with Gasteiger partial charge in [-0.3, -0.25) is 4.79 Å². The van der Waals surface area contributed by atoms with Gasteiger partial charge in [0.05, 0.1) is 25.8 Å². The van der Waals surface area contributed by atoms with Gasteiger partial charge in [-0.25, -0.2) is 4.99 Å². The van der Waals surface area contributed by atoms with Crippen LogP contribution in [-0.2, 0) is 11.3 Å². The fourth-order valence-electron chi connectivity index (χ4n) is 3.00. The lowest BCUT2D eigenvalue weighted by Gasteiger charge is -2.20. The zero-order valence-corrected chi connectivity index (χ0v) is 19.3. The van der Waals surface area contributed by atoms with E-state index < -0.39 is 5.91 Å². The van der Waals surface area contributed by atoms with Gasteiger partial charge in [-0.1, -0.05) is 18.2 Å². The van der Waals surface area contributed by atoms with Crippen LogP contribution in [0.4, 0.5) is 0 Å². The topological polar surface area (TPSA) is 107 Å². The van der Waals surface area contributed by atoms with Crippen LogP contribution in [0.25, 0.3) is 0 Å². The first-order valence-corrected chi connectivity index (χ1v) is 10.9. The van der Waals surface area contributed by atoms with E-state index in [1.54, 1.807) is 6.07 Å². The van der Waals surface area contributed by atoms with Crippen molar-refractivity contribution in [3.63, 3.8) is 0 Å². The molecule has 1 amide bonds. The third-order valence-electron chi connectivity index (χ3n) is 4.46. The molecule has 1 unspecified atom stereocenters. The number of nitrogens with zero attached hydrogens (tertiary/aromatic N) is 1. The Labute approximate surface area is 190 Å². The Bertz CT molecular complexity index is 901. The van der Waals surface area contributed by atoms with Crippen molar-refractivity contribution < 1.29 is 19.0 Å². The minimum Gasteiger partial charge on any atom is -0.490 e. The second kappa shape index (κ2) is 13.1. The Morgan fingerprint density at radius 3 is 2.47 bits per heavy atom. The fraction of sp³-hybridized carbons (Fsp3) is 0.417. The normalized spacial score (nSPS) is 12.1. The molecule has 0 saturated carbocycles. The molecule has 0 aliphatic carbocycles. The predicted octanol–water partition coefficient (Wildman–Crippen LogP) is 3.16. The number of carbonyl (C=O) groups is 1. The number of nitrogens with two attached hydrogens (primary N) is 1. The van der Waals surface area contributed by atoms with E-state index in [0.29, 0.717) is 31.5 Å². The summed E-state index contributed by atoms with van der Waals surface area (Å²) in [4.78, 5) is 15.6. The third-order valence-corrected chi connectivity index (χ3v) is 4.46. The molecule has 0 aliphatic rings. The first kappa shape index (κ1) is 24.8. The number of hydrogen-bond acceptors (Lipinski definition) is 5. The van der Waals surface area contributed by atoms with Gasteiger partial charge in [0.15, 0.2) is 24.1 Å². The van der Waals surface area contributed by atoms with Gasteiger partial charge in [0.25, 0.3) is 5.91 Å². The van der Waals surface area contributed by atoms with Crippen LogP contribution >= 0.6 is 0 Å². The monoisotopic (exact) mass is 442 g/mol. The number of benzene rings is 2. The number of amides is 1. The van der Waals surface area contributed by atoms with E-state index in [9.17, 15) is 4.79 Å². The first-order valence-electron chi connectivity index (χ1n) is 10.9. The zero-order chi connectivity index (χ0) is 23.3. The number of guanidine groups is 1. The molecule has 0 aromatic heterocycles. The molecule has 2 aromatic carbocycles. The molecule has 0 aliphatic heterocycles. The lowest BCUT2D eigenvalue weighted by molar-refractivity contribution is -0.119. The van der Waals surface area contributed by atoms with E-state index in [1.165, 1.54) is 0 Å². The standard InChI is InChI=1S/C24H34N4O4/c1-5-26-24(27-15-18-9-8-10-20(13-18)32-16-23(25)29)28-17(4)19-11-12-21(30-6-2)22(14-19)31-7-3/h8-14,17H,5-7,15-16H2,1-4H3,(H2,25,29)(H2,26,27,28). The molecule has 0 spiro atoms. The van der Waals surface area contributed by atoms with Crippen LogP contribution in [0, 0.1) is 0 Å². The number of carbonyl (C=O) groups excluding carboxylic acids is 1. The highest BCUT2D eigenvalue weighted by molar-refractivity contribution is 5.80. The number of hydrogen-bond donors (Lipinski definition) is 3. The molecule has 174 valence electrons.